The van der Waals surface area contributed by atoms with E-state index in [4.69, 9.17) is 10.3 Å². The van der Waals surface area contributed by atoms with E-state index < -0.39 is 29.7 Å². The number of anilines is 1. The molecule has 4 rings (SSSR count). The van der Waals surface area contributed by atoms with Gasteiger partial charge in [-0.25, -0.2) is 0 Å². The van der Waals surface area contributed by atoms with Gasteiger partial charge in [-0.15, -0.1) is 0 Å². The first-order valence-corrected chi connectivity index (χ1v) is 16.2. The molecular weight excluding hydrogens is 576 g/mol. The fourth-order valence-electron chi connectivity index (χ4n) is 3.80. The van der Waals surface area contributed by atoms with Gasteiger partial charge in [-0.2, -0.15) is 0 Å². The van der Waals surface area contributed by atoms with E-state index in [-0.39, 0.29) is 16.2 Å². The molecule has 4 aromatic rings. The molecule has 2 aromatic carbocycles. The predicted octanol–water partition coefficient (Wildman–Crippen LogP) is 5.02. The van der Waals surface area contributed by atoms with Crippen molar-refractivity contribution < 1.29 is 17.1 Å². The van der Waals surface area contributed by atoms with Crippen molar-refractivity contribution in [3.63, 3.8) is 0 Å². The summed E-state index contributed by atoms with van der Waals surface area (Å²) in [6.07, 6.45) is 1.71. The van der Waals surface area contributed by atoms with Crippen LogP contribution in [0.4, 0.5) is 10.2 Å². The van der Waals surface area contributed by atoms with E-state index in [2.05, 4.69) is 20.4 Å². The SMILES string of the molecule is CNCc1ccc(-c2cc(-c3nc(-c4ccc(I(=O)(CO)C(C)CCF)cc4)cnc3N)on2)cc1. The predicted molar refractivity (Wildman–Crippen MR) is 146 cm³/mol. The van der Waals surface area contributed by atoms with Crippen LogP contribution < -0.4 is 11.1 Å². The molecule has 0 spiro atoms. The molecule has 190 valence electrons. The van der Waals surface area contributed by atoms with Crippen molar-refractivity contribution in [1.29, 1.82) is 0 Å². The van der Waals surface area contributed by atoms with Gasteiger partial charge in [0.15, 0.2) is 0 Å². The van der Waals surface area contributed by atoms with Gasteiger partial charge in [0.2, 0.25) is 0 Å². The van der Waals surface area contributed by atoms with E-state index in [0.717, 1.165) is 23.2 Å². The van der Waals surface area contributed by atoms with E-state index in [1.165, 1.54) is 0 Å². The van der Waals surface area contributed by atoms with Gasteiger partial charge < -0.3 is 5.32 Å². The van der Waals surface area contributed by atoms with Gasteiger partial charge >= 0.3 is 177 Å². The van der Waals surface area contributed by atoms with Crippen LogP contribution in [-0.4, -0.2) is 42.5 Å². The van der Waals surface area contributed by atoms with Crippen LogP contribution in [0.15, 0.2) is 65.3 Å². The second kappa shape index (κ2) is 11.3. The maximum atomic E-state index is 13.4. The molecule has 4 N–H and O–H groups in total. The maximum absolute atomic E-state index is 13.4. The van der Waals surface area contributed by atoms with Crippen LogP contribution >= 0.6 is 18.4 Å². The molecule has 0 aliphatic rings. The summed E-state index contributed by atoms with van der Waals surface area (Å²) in [5.41, 5.74) is 10.5. The number of aromatic nitrogens is 3. The Labute approximate surface area is 213 Å². The fraction of sp³-hybridized carbons (Fsp3) is 0.269. The minimum atomic E-state index is -3.97. The summed E-state index contributed by atoms with van der Waals surface area (Å²) in [5.74, 6) is 0.595. The number of benzene rings is 2. The van der Waals surface area contributed by atoms with Crippen LogP contribution in [0.2, 0.25) is 0 Å². The van der Waals surface area contributed by atoms with Gasteiger partial charge in [-0.3, -0.25) is 0 Å². The number of alkyl halides is 3. The molecule has 10 heteroatoms. The van der Waals surface area contributed by atoms with E-state index in [9.17, 15) is 12.6 Å². The Kier molecular flexibility index (Phi) is 8.17. The Balaban J connectivity index is 1.61. The Morgan fingerprint density at radius 1 is 1.11 bits per heavy atom. The number of nitrogens with two attached hydrogens (primary N) is 1. The van der Waals surface area contributed by atoms with Crippen LogP contribution in [0.5, 0.6) is 0 Å². The third-order valence-electron chi connectivity index (χ3n) is 5.97. The third kappa shape index (κ3) is 5.35. The first-order valence-electron chi connectivity index (χ1n) is 11.4. The average molecular weight is 605 g/mol. The molecule has 0 saturated carbocycles. The number of rotatable bonds is 10. The molecule has 0 bridgehead atoms. The molecule has 36 heavy (non-hydrogen) atoms. The van der Waals surface area contributed by atoms with Gasteiger partial charge in [0.25, 0.3) is 0 Å². The number of nitrogens with one attached hydrogen (secondary N) is 1. The van der Waals surface area contributed by atoms with Crippen LogP contribution in [0.3, 0.4) is 0 Å². The summed E-state index contributed by atoms with van der Waals surface area (Å²) in [6, 6.07) is 16.7. The summed E-state index contributed by atoms with van der Waals surface area (Å²) in [7, 11) is 1.90. The van der Waals surface area contributed by atoms with Crippen molar-refractivity contribution in [2.45, 2.75) is 23.8 Å². The van der Waals surface area contributed by atoms with Crippen LogP contribution in [-0.2, 0) is 9.61 Å². The summed E-state index contributed by atoms with van der Waals surface area (Å²) in [4.78, 5) is 8.92. The quantitative estimate of drug-likeness (QED) is 0.170. The minimum Gasteiger partial charge on any atom is -0.0571 e. The van der Waals surface area contributed by atoms with E-state index >= 15 is 0 Å². The number of nitrogen functional groups attached to an aromatic ring is 1. The molecule has 0 radical (unpaired) electrons. The zero-order valence-corrected chi connectivity index (χ0v) is 22.3. The smallest absolute Gasteiger partial charge is 0.0571 e. The van der Waals surface area contributed by atoms with E-state index in [1.807, 2.05) is 31.3 Å². The standard InChI is InChI=1S/C26H29FIN5O3/c1-17(11-12-27)28(35,16-34)21-9-7-20(8-10-21)23-15-31-26(29)25(32-23)24-13-22(33-36-24)19-5-3-18(4-6-19)14-30-2/h3-10,13,15,17,30,34H,11-12,14,16H2,1-2H3,(H2,29,31). The van der Waals surface area contributed by atoms with Gasteiger partial charge in [-0.1, -0.05) is 12.1 Å². The molecule has 0 amide bonds. The Bertz CT molecular complexity index is 1360. The first kappa shape index (κ1) is 26.0. The normalized spacial score (nSPS) is 14.8. The van der Waals surface area contributed by atoms with Crippen molar-refractivity contribution >= 4 is 24.2 Å². The zero-order chi connectivity index (χ0) is 25.7. The number of hydrogen-bond acceptors (Lipinski definition) is 8. The van der Waals surface area contributed by atoms with Crippen LogP contribution in [0.1, 0.15) is 18.9 Å². The van der Waals surface area contributed by atoms with Crippen molar-refractivity contribution in [3.05, 3.63) is 69.9 Å². The van der Waals surface area contributed by atoms with Crippen molar-refractivity contribution in [2.24, 2.45) is 0 Å². The van der Waals surface area contributed by atoms with Crippen LogP contribution in [0, 0.1) is 3.57 Å². The molecule has 0 aliphatic heterocycles. The number of halogens is 2. The van der Waals surface area contributed by atoms with Gasteiger partial charge in [0, 0.05) is 6.54 Å². The van der Waals surface area contributed by atoms with Crippen LogP contribution in [0.25, 0.3) is 34.0 Å². The Hall–Kier alpha value is -3.09. The molecular formula is C26H29FIN5O3. The second-order valence-electron chi connectivity index (χ2n) is 8.35. The average Bonchev–Trinajstić information content (AvgIpc) is 3.39. The molecule has 0 aliphatic carbocycles. The Morgan fingerprint density at radius 2 is 1.78 bits per heavy atom. The molecule has 2 heterocycles. The minimum absolute atomic E-state index is 0.161. The fourth-order valence-corrected chi connectivity index (χ4v) is 8.91. The zero-order valence-electron chi connectivity index (χ0n) is 20.1. The molecule has 2 unspecified atom stereocenters. The summed E-state index contributed by atoms with van der Waals surface area (Å²) in [5, 5.41) is 17.1. The topological polar surface area (TPSA) is 127 Å². The van der Waals surface area contributed by atoms with Crippen molar-refractivity contribution in [3.8, 4) is 34.0 Å². The molecule has 0 saturated heterocycles. The van der Waals surface area contributed by atoms with Crippen molar-refractivity contribution in [1.82, 2.24) is 20.4 Å². The number of aliphatic hydroxyl groups excluding tert-OH is 1. The first-order chi connectivity index (χ1) is 17.4. The molecule has 8 nitrogen and oxygen atoms in total. The summed E-state index contributed by atoms with van der Waals surface area (Å²) in [6.45, 7) is 1.94. The monoisotopic (exact) mass is 605 g/mol. The third-order valence-corrected chi connectivity index (χ3v) is 13.9. The van der Waals surface area contributed by atoms with Gasteiger partial charge in [0.05, 0.1) is 0 Å². The second-order valence-corrected chi connectivity index (χ2v) is 16.2. The molecule has 2 atom stereocenters. The van der Waals surface area contributed by atoms with Gasteiger partial charge in [-0.05, 0) is 12.6 Å². The van der Waals surface area contributed by atoms with E-state index in [1.54, 1.807) is 43.5 Å². The summed E-state index contributed by atoms with van der Waals surface area (Å²) < 4.78 is 31.5. The number of aliphatic hydroxyl groups is 1. The molecule has 2 aromatic heterocycles. The Morgan fingerprint density at radius 3 is 2.42 bits per heavy atom. The number of hydrogen-bond donors (Lipinski definition) is 3. The van der Waals surface area contributed by atoms with E-state index in [0.29, 0.717) is 26.4 Å². The van der Waals surface area contributed by atoms with Crippen molar-refractivity contribution in [2.75, 3.05) is 24.1 Å². The summed E-state index contributed by atoms with van der Waals surface area (Å²) >= 11 is -3.97. The number of nitrogens with zero attached hydrogens (tertiary/aromatic N) is 3. The van der Waals surface area contributed by atoms with Gasteiger partial charge in [0.1, 0.15) is 0 Å². The molecule has 0 fully saturated rings.